The molecule has 2 atom stereocenters. The van der Waals surface area contributed by atoms with Crippen molar-refractivity contribution in [2.45, 2.75) is 39.7 Å². The first-order valence-corrected chi connectivity index (χ1v) is 6.60. The SMILES string of the molecule is CC1CC(N2CC(C)CNCC(C)C2)C1. The predicted molar refractivity (Wildman–Crippen MR) is 65.0 cm³/mol. The summed E-state index contributed by atoms with van der Waals surface area (Å²) in [5, 5.41) is 3.56. The van der Waals surface area contributed by atoms with Gasteiger partial charge in [-0.15, -0.1) is 0 Å². The average molecular weight is 210 g/mol. The van der Waals surface area contributed by atoms with Crippen LogP contribution in [0.25, 0.3) is 0 Å². The van der Waals surface area contributed by atoms with E-state index in [4.69, 9.17) is 0 Å². The van der Waals surface area contributed by atoms with Crippen molar-refractivity contribution in [2.24, 2.45) is 17.8 Å². The van der Waals surface area contributed by atoms with E-state index in [-0.39, 0.29) is 0 Å². The molecule has 0 bridgehead atoms. The maximum absolute atomic E-state index is 3.56. The summed E-state index contributed by atoms with van der Waals surface area (Å²) >= 11 is 0. The van der Waals surface area contributed by atoms with E-state index < -0.39 is 0 Å². The van der Waals surface area contributed by atoms with Crippen molar-refractivity contribution < 1.29 is 0 Å². The van der Waals surface area contributed by atoms with Gasteiger partial charge in [0.1, 0.15) is 0 Å². The molecular formula is C13H26N2. The van der Waals surface area contributed by atoms with Gasteiger partial charge in [-0.2, -0.15) is 0 Å². The van der Waals surface area contributed by atoms with Gasteiger partial charge in [-0.25, -0.2) is 0 Å². The van der Waals surface area contributed by atoms with Gasteiger partial charge in [0.05, 0.1) is 0 Å². The molecule has 1 aliphatic carbocycles. The van der Waals surface area contributed by atoms with Crippen molar-refractivity contribution in [3.8, 4) is 0 Å². The Morgan fingerprint density at radius 1 is 0.867 bits per heavy atom. The highest BCUT2D eigenvalue weighted by atomic mass is 15.2. The number of nitrogens with zero attached hydrogens (tertiary/aromatic N) is 1. The molecule has 1 heterocycles. The molecule has 2 unspecified atom stereocenters. The van der Waals surface area contributed by atoms with E-state index in [1.54, 1.807) is 0 Å². The van der Waals surface area contributed by atoms with Crippen molar-refractivity contribution in [3.63, 3.8) is 0 Å². The zero-order valence-corrected chi connectivity index (χ0v) is 10.5. The van der Waals surface area contributed by atoms with E-state index in [1.807, 2.05) is 0 Å². The second kappa shape index (κ2) is 4.84. The molecule has 88 valence electrons. The fourth-order valence-corrected chi connectivity index (χ4v) is 3.04. The molecule has 1 aliphatic heterocycles. The van der Waals surface area contributed by atoms with E-state index in [1.165, 1.54) is 39.0 Å². The zero-order valence-electron chi connectivity index (χ0n) is 10.5. The van der Waals surface area contributed by atoms with Crippen LogP contribution in [0.3, 0.4) is 0 Å². The molecule has 0 aromatic carbocycles. The van der Waals surface area contributed by atoms with Crippen molar-refractivity contribution in [3.05, 3.63) is 0 Å². The Labute approximate surface area is 94.4 Å². The summed E-state index contributed by atoms with van der Waals surface area (Å²) in [5.41, 5.74) is 0. The lowest BCUT2D eigenvalue weighted by Crippen LogP contribution is -2.51. The van der Waals surface area contributed by atoms with Crippen LogP contribution in [0.1, 0.15) is 33.6 Å². The maximum atomic E-state index is 3.56. The van der Waals surface area contributed by atoms with Crippen LogP contribution >= 0.6 is 0 Å². The first kappa shape index (κ1) is 11.4. The lowest BCUT2D eigenvalue weighted by Gasteiger charge is -2.44. The van der Waals surface area contributed by atoms with Crippen LogP contribution in [0.5, 0.6) is 0 Å². The molecule has 2 nitrogen and oxygen atoms in total. The second-order valence-electron chi connectivity index (χ2n) is 6.05. The van der Waals surface area contributed by atoms with Crippen LogP contribution < -0.4 is 5.32 Å². The van der Waals surface area contributed by atoms with E-state index in [0.29, 0.717) is 0 Å². The van der Waals surface area contributed by atoms with E-state index >= 15 is 0 Å². The van der Waals surface area contributed by atoms with Gasteiger partial charge in [-0.3, -0.25) is 4.90 Å². The monoisotopic (exact) mass is 210 g/mol. The number of rotatable bonds is 1. The third-order valence-electron chi connectivity index (χ3n) is 3.94. The molecule has 0 radical (unpaired) electrons. The summed E-state index contributed by atoms with van der Waals surface area (Å²) in [6.45, 7) is 12.1. The summed E-state index contributed by atoms with van der Waals surface area (Å²) < 4.78 is 0. The number of hydrogen-bond acceptors (Lipinski definition) is 2. The Morgan fingerprint density at radius 2 is 1.40 bits per heavy atom. The Morgan fingerprint density at radius 3 is 1.87 bits per heavy atom. The van der Waals surface area contributed by atoms with Crippen LogP contribution in [-0.2, 0) is 0 Å². The standard InChI is InChI=1S/C13H26N2/c1-10-4-13(5-10)15-8-11(2)6-14-7-12(3)9-15/h10-14H,4-9H2,1-3H3. The third-order valence-corrected chi connectivity index (χ3v) is 3.94. The minimum absolute atomic E-state index is 0.813. The highest BCUT2D eigenvalue weighted by Gasteiger charge is 2.32. The van der Waals surface area contributed by atoms with Crippen molar-refractivity contribution >= 4 is 0 Å². The smallest absolute Gasteiger partial charge is 0.0101 e. The highest BCUT2D eigenvalue weighted by molar-refractivity contribution is 4.87. The molecule has 15 heavy (non-hydrogen) atoms. The maximum Gasteiger partial charge on any atom is 0.0101 e. The largest absolute Gasteiger partial charge is 0.316 e. The molecule has 1 N–H and O–H groups in total. The van der Waals surface area contributed by atoms with Crippen LogP contribution in [0.4, 0.5) is 0 Å². The summed E-state index contributed by atoms with van der Waals surface area (Å²) in [5.74, 6) is 2.60. The lowest BCUT2D eigenvalue weighted by atomic mass is 9.80. The van der Waals surface area contributed by atoms with Gasteiger partial charge >= 0.3 is 0 Å². The summed E-state index contributed by atoms with van der Waals surface area (Å²) in [6.07, 6.45) is 2.87. The van der Waals surface area contributed by atoms with Gasteiger partial charge in [0.25, 0.3) is 0 Å². The van der Waals surface area contributed by atoms with E-state index in [2.05, 4.69) is 31.0 Å². The Balaban J connectivity index is 1.88. The minimum Gasteiger partial charge on any atom is -0.316 e. The van der Waals surface area contributed by atoms with Crippen molar-refractivity contribution in [1.29, 1.82) is 0 Å². The molecule has 0 spiro atoms. The second-order valence-corrected chi connectivity index (χ2v) is 6.05. The van der Waals surface area contributed by atoms with Crippen LogP contribution in [-0.4, -0.2) is 37.1 Å². The van der Waals surface area contributed by atoms with E-state index in [9.17, 15) is 0 Å². The molecule has 2 rings (SSSR count). The number of hydrogen-bond donors (Lipinski definition) is 1. The quantitative estimate of drug-likeness (QED) is 0.712. The Kier molecular flexibility index (Phi) is 3.68. The van der Waals surface area contributed by atoms with Crippen LogP contribution in [0, 0.1) is 17.8 Å². The van der Waals surface area contributed by atoms with Crippen LogP contribution in [0.2, 0.25) is 0 Å². The fraction of sp³-hybridized carbons (Fsp3) is 1.00. The van der Waals surface area contributed by atoms with Gasteiger partial charge in [-0.05, 0) is 43.7 Å². The lowest BCUT2D eigenvalue weighted by molar-refractivity contribution is 0.0547. The summed E-state index contributed by atoms with van der Waals surface area (Å²) in [7, 11) is 0. The molecule has 2 fully saturated rings. The zero-order chi connectivity index (χ0) is 10.8. The van der Waals surface area contributed by atoms with Gasteiger partial charge in [0.2, 0.25) is 0 Å². The molecule has 0 amide bonds. The van der Waals surface area contributed by atoms with Gasteiger partial charge < -0.3 is 5.32 Å². The molecule has 1 saturated heterocycles. The molecule has 1 saturated carbocycles. The first-order chi connectivity index (χ1) is 7.15. The molecule has 2 aliphatic rings. The van der Waals surface area contributed by atoms with Crippen LogP contribution in [0.15, 0.2) is 0 Å². The summed E-state index contributed by atoms with van der Waals surface area (Å²) in [6, 6.07) is 0.906. The average Bonchev–Trinajstić information content (AvgIpc) is 2.09. The topological polar surface area (TPSA) is 15.3 Å². The van der Waals surface area contributed by atoms with Crippen molar-refractivity contribution in [2.75, 3.05) is 26.2 Å². The van der Waals surface area contributed by atoms with Gasteiger partial charge in [-0.1, -0.05) is 20.8 Å². The third kappa shape index (κ3) is 2.94. The first-order valence-electron chi connectivity index (χ1n) is 6.60. The molecule has 2 heteroatoms. The molecule has 0 aromatic heterocycles. The Hall–Kier alpha value is -0.0800. The Bertz CT molecular complexity index is 187. The molecular weight excluding hydrogens is 184 g/mol. The fourth-order valence-electron chi connectivity index (χ4n) is 3.04. The highest BCUT2D eigenvalue weighted by Crippen LogP contribution is 2.32. The number of nitrogens with one attached hydrogen (secondary N) is 1. The van der Waals surface area contributed by atoms with Gasteiger partial charge in [0.15, 0.2) is 0 Å². The van der Waals surface area contributed by atoms with Gasteiger partial charge in [0, 0.05) is 19.1 Å². The normalized spacial score (nSPS) is 44.2. The van der Waals surface area contributed by atoms with E-state index in [0.717, 1.165) is 23.8 Å². The summed E-state index contributed by atoms with van der Waals surface area (Å²) in [4.78, 5) is 2.76. The van der Waals surface area contributed by atoms with Crippen molar-refractivity contribution in [1.82, 2.24) is 10.2 Å². The molecule has 0 aromatic rings. The predicted octanol–water partition coefficient (Wildman–Crippen LogP) is 1.96. The minimum atomic E-state index is 0.813.